The lowest BCUT2D eigenvalue weighted by molar-refractivity contribution is -0.164. The lowest BCUT2D eigenvalue weighted by Gasteiger charge is -2.28. The second-order valence-corrected chi connectivity index (χ2v) is 5.10. The maximum Gasteiger partial charge on any atom is 0.321 e. The van der Waals surface area contributed by atoms with Gasteiger partial charge in [0.15, 0.2) is 5.41 Å². The van der Waals surface area contributed by atoms with E-state index in [-0.39, 0.29) is 0 Å². The molecule has 0 fully saturated rings. The minimum atomic E-state index is -1.86. The van der Waals surface area contributed by atoms with E-state index >= 15 is 0 Å². The molecule has 1 atom stereocenters. The third-order valence-corrected chi connectivity index (χ3v) is 4.04. The molecule has 20 heavy (non-hydrogen) atoms. The van der Waals surface area contributed by atoms with Crippen LogP contribution in [0.4, 0.5) is 0 Å². The molecule has 0 aliphatic rings. The molecule has 0 spiro atoms. The van der Waals surface area contributed by atoms with Gasteiger partial charge in [0.2, 0.25) is 0 Å². The van der Waals surface area contributed by atoms with Gasteiger partial charge in [-0.1, -0.05) is 49.4 Å². The SMILES string of the molecule is CC(c1cccc2ccccc12)C(C)(C(=O)O)C(=O)O. The maximum atomic E-state index is 11.4. The molecule has 4 heteroatoms. The second-order valence-electron chi connectivity index (χ2n) is 5.10. The van der Waals surface area contributed by atoms with Crippen LogP contribution in [0.5, 0.6) is 0 Å². The Labute approximate surface area is 116 Å². The van der Waals surface area contributed by atoms with E-state index in [0.717, 1.165) is 16.3 Å². The molecular formula is C16H16O4. The zero-order valence-corrected chi connectivity index (χ0v) is 11.3. The standard InChI is InChI=1S/C16H16O4/c1-10(16(2,14(17)18)15(19)20)12-9-5-7-11-6-3-4-8-13(11)12/h3-10H,1-2H3,(H,17,18)(H,19,20). The summed E-state index contributed by atoms with van der Waals surface area (Å²) in [6, 6.07) is 13.1. The first-order chi connectivity index (χ1) is 9.39. The summed E-state index contributed by atoms with van der Waals surface area (Å²) in [7, 11) is 0. The lowest BCUT2D eigenvalue weighted by Crippen LogP contribution is -2.41. The number of rotatable bonds is 4. The van der Waals surface area contributed by atoms with Crippen LogP contribution in [0.25, 0.3) is 10.8 Å². The van der Waals surface area contributed by atoms with E-state index in [0.29, 0.717) is 0 Å². The smallest absolute Gasteiger partial charge is 0.321 e. The molecule has 1 unspecified atom stereocenters. The molecule has 0 aliphatic heterocycles. The highest BCUT2D eigenvalue weighted by Crippen LogP contribution is 2.39. The summed E-state index contributed by atoms with van der Waals surface area (Å²) in [5.74, 6) is -3.31. The van der Waals surface area contributed by atoms with Gasteiger partial charge in [-0.2, -0.15) is 0 Å². The highest BCUT2D eigenvalue weighted by molar-refractivity contribution is 6.00. The molecule has 0 saturated heterocycles. The van der Waals surface area contributed by atoms with Gasteiger partial charge in [0.05, 0.1) is 0 Å². The van der Waals surface area contributed by atoms with Gasteiger partial charge in [-0.05, 0) is 23.3 Å². The molecule has 2 aromatic carbocycles. The van der Waals surface area contributed by atoms with Crippen LogP contribution in [0.3, 0.4) is 0 Å². The van der Waals surface area contributed by atoms with Gasteiger partial charge in [0.25, 0.3) is 0 Å². The van der Waals surface area contributed by atoms with E-state index in [1.807, 2.05) is 36.4 Å². The molecule has 4 nitrogen and oxygen atoms in total. The quantitative estimate of drug-likeness (QED) is 0.838. The number of carboxylic acid groups (broad SMARTS) is 2. The van der Waals surface area contributed by atoms with Crippen molar-refractivity contribution in [2.75, 3.05) is 0 Å². The van der Waals surface area contributed by atoms with Crippen LogP contribution in [0.15, 0.2) is 42.5 Å². The highest BCUT2D eigenvalue weighted by atomic mass is 16.4. The van der Waals surface area contributed by atoms with Crippen LogP contribution in [0, 0.1) is 5.41 Å². The molecule has 0 saturated carbocycles. The van der Waals surface area contributed by atoms with E-state index < -0.39 is 23.3 Å². The van der Waals surface area contributed by atoms with Gasteiger partial charge in [-0.3, -0.25) is 9.59 Å². The van der Waals surface area contributed by atoms with Crippen LogP contribution in [-0.4, -0.2) is 22.2 Å². The Morgan fingerprint density at radius 3 is 2.15 bits per heavy atom. The van der Waals surface area contributed by atoms with Crippen molar-refractivity contribution >= 4 is 22.7 Å². The summed E-state index contributed by atoms with van der Waals surface area (Å²) in [4.78, 5) is 22.9. The molecule has 0 amide bonds. The first-order valence-corrected chi connectivity index (χ1v) is 6.33. The monoisotopic (exact) mass is 272 g/mol. The molecule has 0 heterocycles. The minimum absolute atomic E-state index is 0.649. The molecule has 0 bridgehead atoms. The van der Waals surface area contributed by atoms with Gasteiger partial charge >= 0.3 is 11.9 Å². The number of carboxylic acids is 2. The number of aliphatic carboxylic acids is 2. The molecule has 2 N–H and O–H groups in total. The average Bonchev–Trinajstić information content (AvgIpc) is 2.44. The fourth-order valence-electron chi connectivity index (χ4n) is 2.40. The summed E-state index contributed by atoms with van der Waals surface area (Å²) in [5.41, 5.74) is -1.13. The van der Waals surface area contributed by atoms with Gasteiger partial charge in [-0.25, -0.2) is 0 Å². The highest BCUT2D eigenvalue weighted by Gasteiger charge is 2.47. The fraction of sp³-hybridized carbons (Fsp3) is 0.250. The van der Waals surface area contributed by atoms with Gasteiger partial charge in [-0.15, -0.1) is 0 Å². The summed E-state index contributed by atoms with van der Waals surface area (Å²) in [6.07, 6.45) is 0. The fourth-order valence-corrected chi connectivity index (χ4v) is 2.40. The summed E-state index contributed by atoms with van der Waals surface area (Å²) in [5, 5.41) is 20.5. The van der Waals surface area contributed by atoms with E-state index in [1.165, 1.54) is 6.92 Å². The summed E-state index contributed by atoms with van der Waals surface area (Å²) < 4.78 is 0. The number of hydrogen-bond donors (Lipinski definition) is 2. The largest absolute Gasteiger partial charge is 0.480 e. The number of benzene rings is 2. The number of hydrogen-bond acceptors (Lipinski definition) is 2. The predicted octanol–water partition coefficient (Wildman–Crippen LogP) is 3.12. The van der Waals surface area contributed by atoms with Crippen molar-refractivity contribution in [2.24, 2.45) is 5.41 Å². The van der Waals surface area contributed by atoms with Crippen LogP contribution < -0.4 is 0 Å². The zero-order valence-electron chi connectivity index (χ0n) is 11.3. The molecular weight excluding hydrogens is 256 g/mol. The van der Waals surface area contributed by atoms with Gasteiger partial charge in [0, 0.05) is 5.92 Å². The first-order valence-electron chi connectivity index (χ1n) is 6.33. The second kappa shape index (κ2) is 4.96. The van der Waals surface area contributed by atoms with E-state index in [2.05, 4.69) is 0 Å². The van der Waals surface area contributed by atoms with Gasteiger partial charge in [0.1, 0.15) is 0 Å². The van der Waals surface area contributed by atoms with E-state index in [1.54, 1.807) is 13.0 Å². The van der Waals surface area contributed by atoms with Crippen molar-refractivity contribution in [1.82, 2.24) is 0 Å². The van der Waals surface area contributed by atoms with Crippen LogP contribution in [0.1, 0.15) is 25.3 Å². The Kier molecular flexibility index (Phi) is 3.49. The van der Waals surface area contributed by atoms with E-state index in [9.17, 15) is 19.8 Å². The summed E-state index contributed by atoms with van der Waals surface area (Å²) in [6.45, 7) is 2.90. The Morgan fingerprint density at radius 2 is 1.55 bits per heavy atom. The first kappa shape index (κ1) is 14.1. The van der Waals surface area contributed by atoms with E-state index in [4.69, 9.17) is 0 Å². The third kappa shape index (κ3) is 2.03. The molecule has 104 valence electrons. The Balaban J connectivity index is 2.64. The van der Waals surface area contributed by atoms with Crippen LogP contribution in [-0.2, 0) is 9.59 Å². The van der Waals surface area contributed by atoms with Crippen molar-refractivity contribution in [3.8, 4) is 0 Å². The van der Waals surface area contributed by atoms with Crippen molar-refractivity contribution < 1.29 is 19.8 Å². The predicted molar refractivity (Wildman–Crippen MR) is 75.7 cm³/mol. The van der Waals surface area contributed by atoms with Crippen molar-refractivity contribution in [3.05, 3.63) is 48.0 Å². The van der Waals surface area contributed by atoms with Gasteiger partial charge < -0.3 is 10.2 Å². The average molecular weight is 272 g/mol. The van der Waals surface area contributed by atoms with Crippen molar-refractivity contribution in [3.63, 3.8) is 0 Å². The molecule has 0 aliphatic carbocycles. The number of carbonyl (C=O) groups is 2. The maximum absolute atomic E-state index is 11.4. The molecule has 0 aromatic heterocycles. The third-order valence-electron chi connectivity index (χ3n) is 4.04. The topological polar surface area (TPSA) is 74.6 Å². The zero-order chi connectivity index (χ0) is 14.9. The Morgan fingerprint density at radius 1 is 1.00 bits per heavy atom. The summed E-state index contributed by atoms with van der Waals surface area (Å²) >= 11 is 0. The van der Waals surface area contributed by atoms with Crippen LogP contribution >= 0.6 is 0 Å². The lowest BCUT2D eigenvalue weighted by atomic mass is 9.73. The normalized spacial score (nSPS) is 13.1. The molecule has 0 radical (unpaired) electrons. The van der Waals surface area contributed by atoms with Crippen molar-refractivity contribution in [2.45, 2.75) is 19.8 Å². The number of fused-ring (bicyclic) bond motifs is 1. The minimum Gasteiger partial charge on any atom is -0.480 e. The molecule has 2 rings (SSSR count). The van der Waals surface area contributed by atoms with Crippen molar-refractivity contribution in [1.29, 1.82) is 0 Å². The Bertz CT molecular complexity index is 656. The Hall–Kier alpha value is -2.36. The van der Waals surface area contributed by atoms with Crippen LogP contribution in [0.2, 0.25) is 0 Å². The molecule has 2 aromatic rings.